The first-order valence-electron chi connectivity index (χ1n) is 3.95. The predicted octanol–water partition coefficient (Wildman–Crippen LogP) is 3.71. The van der Waals surface area contributed by atoms with Crippen molar-refractivity contribution >= 4 is 19.1 Å². The standard InChI is InChI=1S/C9H11.2ClH.Pd/c1-3-8-5-2-6-9(4-1)7-8;;;/h3,5-6,8-9H,1,4,7H2;2*1H;/q-1;;;+2/p-2. The third-order valence-corrected chi connectivity index (χ3v) is 2.22. The molecule has 0 aromatic carbocycles. The Morgan fingerprint density at radius 1 is 1.42 bits per heavy atom. The van der Waals surface area contributed by atoms with Crippen LogP contribution in [0.2, 0.25) is 0 Å². The van der Waals surface area contributed by atoms with Crippen molar-refractivity contribution < 1.29 is 15.9 Å². The summed E-state index contributed by atoms with van der Waals surface area (Å²) in [5.74, 6) is 1.61. The van der Waals surface area contributed by atoms with E-state index < -0.39 is 0 Å². The van der Waals surface area contributed by atoms with Gasteiger partial charge in [0.15, 0.2) is 0 Å². The van der Waals surface area contributed by atoms with Gasteiger partial charge in [0.05, 0.1) is 0 Å². The second-order valence-electron chi connectivity index (χ2n) is 3.02. The molecule has 0 spiro atoms. The first kappa shape index (κ1) is 10.8. The number of hydrogen-bond acceptors (Lipinski definition) is 0. The maximum atomic E-state index is 4.81. The molecule has 3 heteroatoms. The molecule has 2 atom stereocenters. The molecule has 2 aliphatic carbocycles. The zero-order valence-electron chi connectivity index (χ0n) is 6.58. The van der Waals surface area contributed by atoms with Crippen molar-refractivity contribution in [3.05, 3.63) is 24.3 Å². The van der Waals surface area contributed by atoms with Crippen LogP contribution in [0.15, 0.2) is 17.9 Å². The van der Waals surface area contributed by atoms with Gasteiger partial charge in [0, 0.05) is 0 Å². The third-order valence-electron chi connectivity index (χ3n) is 2.22. The Morgan fingerprint density at radius 3 is 2.75 bits per heavy atom. The summed E-state index contributed by atoms with van der Waals surface area (Å²) in [4.78, 5) is 0. The van der Waals surface area contributed by atoms with Gasteiger partial charge in [-0.25, -0.2) is 0 Å². The van der Waals surface area contributed by atoms with Crippen LogP contribution in [0, 0.1) is 18.3 Å². The van der Waals surface area contributed by atoms with Crippen molar-refractivity contribution in [1.29, 1.82) is 0 Å². The first-order valence-corrected chi connectivity index (χ1v) is 7.95. The number of rotatable bonds is 0. The van der Waals surface area contributed by atoms with E-state index in [4.69, 9.17) is 19.1 Å². The summed E-state index contributed by atoms with van der Waals surface area (Å²) in [6.45, 7) is 0. The van der Waals surface area contributed by atoms with Gasteiger partial charge in [0.25, 0.3) is 0 Å². The van der Waals surface area contributed by atoms with Gasteiger partial charge in [-0.3, -0.25) is 0 Å². The Kier molecular flexibility index (Phi) is 5.65. The minimum atomic E-state index is -0.106. The molecule has 0 heterocycles. The van der Waals surface area contributed by atoms with Crippen molar-refractivity contribution in [1.82, 2.24) is 0 Å². The summed E-state index contributed by atoms with van der Waals surface area (Å²) in [7, 11) is 9.63. The molecule has 72 valence electrons. The summed E-state index contributed by atoms with van der Waals surface area (Å²) in [5, 5.41) is 0. The summed E-state index contributed by atoms with van der Waals surface area (Å²) < 4.78 is 0. The monoisotopic (exact) mass is 295 g/mol. The normalized spacial score (nSPS) is 31.2. The first-order chi connectivity index (χ1) is 5.86. The zero-order valence-corrected chi connectivity index (χ0v) is 9.65. The average molecular weight is 297 g/mol. The minimum absolute atomic E-state index is 0.106. The maximum absolute atomic E-state index is 4.81. The van der Waals surface area contributed by atoms with Crippen LogP contribution in [0.3, 0.4) is 0 Å². The molecule has 1 saturated carbocycles. The topological polar surface area (TPSA) is 0 Å². The average Bonchev–Trinajstić information content (AvgIpc) is 2.06. The molecular formula is C9H11Cl2Pd-. The van der Waals surface area contributed by atoms with Gasteiger partial charge in [0.2, 0.25) is 0 Å². The molecule has 0 radical (unpaired) electrons. The fourth-order valence-electron chi connectivity index (χ4n) is 1.69. The fourth-order valence-corrected chi connectivity index (χ4v) is 1.69. The Balaban J connectivity index is 0.000000213. The van der Waals surface area contributed by atoms with Crippen molar-refractivity contribution in [2.75, 3.05) is 0 Å². The van der Waals surface area contributed by atoms with Crippen LogP contribution in [0.1, 0.15) is 19.3 Å². The number of halogens is 2. The fraction of sp³-hybridized carbons (Fsp3) is 0.556. The second kappa shape index (κ2) is 6.25. The van der Waals surface area contributed by atoms with E-state index in [1.54, 1.807) is 0 Å². The Labute approximate surface area is 90.1 Å². The van der Waals surface area contributed by atoms with Crippen LogP contribution in [-0.2, 0) is 15.9 Å². The molecule has 0 amide bonds. The molecule has 12 heavy (non-hydrogen) atoms. The molecule has 0 aliphatic heterocycles. The molecule has 2 aliphatic rings. The van der Waals surface area contributed by atoms with Crippen LogP contribution in [-0.4, -0.2) is 0 Å². The number of fused-ring (bicyclic) bond motifs is 2. The van der Waals surface area contributed by atoms with Gasteiger partial charge in [-0.1, -0.05) is 18.9 Å². The molecule has 2 rings (SSSR count). The van der Waals surface area contributed by atoms with Crippen molar-refractivity contribution in [3.8, 4) is 0 Å². The number of allylic oxidation sites excluding steroid dienone is 1. The number of hydrogen-bond donors (Lipinski definition) is 0. The van der Waals surface area contributed by atoms with E-state index in [2.05, 4.69) is 24.3 Å². The van der Waals surface area contributed by atoms with Crippen molar-refractivity contribution in [2.45, 2.75) is 19.3 Å². The molecule has 2 bridgehead atoms. The second-order valence-corrected chi connectivity index (χ2v) is 5.38. The van der Waals surface area contributed by atoms with Crippen LogP contribution in [0.4, 0.5) is 0 Å². The van der Waals surface area contributed by atoms with E-state index in [1.807, 2.05) is 0 Å². The van der Waals surface area contributed by atoms with Gasteiger partial charge in [-0.2, -0.15) is 6.42 Å². The van der Waals surface area contributed by atoms with Gasteiger partial charge < -0.3 is 6.42 Å². The summed E-state index contributed by atoms with van der Waals surface area (Å²) in [6.07, 6.45) is 10.9. The Morgan fingerprint density at radius 2 is 2.17 bits per heavy atom. The van der Waals surface area contributed by atoms with Crippen LogP contribution < -0.4 is 0 Å². The van der Waals surface area contributed by atoms with Crippen molar-refractivity contribution in [3.63, 3.8) is 0 Å². The third kappa shape index (κ3) is 3.65. The van der Waals surface area contributed by atoms with Crippen LogP contribution in [0.5, 0.6) is 0 Å². The molecule has 0 aromatic heterocycles. The van der Waals surface area contributed by atoms with E-state index in [0.29, 0.717) is 0 Å². The molecule has 2 unspecified atom stereocenters. The quantitative estimate of drug-likeness (QED) is 0.363. The van der Waals surface area contributed by atoms with Gasteiger partial charge in [0.1, 0.15) is 0 Å². The van der Waals surface area contributed by atoms with Crippen LogP contribution >= 0.6 is 19.1 Å². The molecule has 0 saturated heterocycles. The predicted molar refractivity (Wildman–Crippen MR) is 49.5 cm³/mol. The SMILES string of the molecule is C1=CC2[CH-]CCC(C=1)C2.[Cl][Pd][Cl]. The molecule has 0 aromatic rings. The van der Waals surface area contributed by atoms with Gasteiger partial charge in [-0.05, 0) is 12.0 Å². The summed E-state index contributed by atoms with van der Waals surface area (Å²) in [5.41, 5.74) is 3.21. The van der Waals surface area contributed by atoms with E-state index >= 15 is 0 Å². The van der Waals surface area contributed by atoms with Gasteiger partial charge in [-0.15, -0.1) is 11.6 Å². The Hall–Kier alpha value is 0.762. The van der Waals surface area contributed by atoms with Gasteiger partial charge >= 0.3 is 35.0 Å². The van der Waals surface area contributed by atoms with E-state index in [-0.39, 0.29) is 15.9 Å². The van der Waals surface area contributed by atoms with Crippen LogP contribution in [0.25, 0.3) is 0 Å². The summed E-state index contributed by atoms with van der Waals surface area (Å²) in [6, 6.07) is 0. The van der Waals surface area contributed by atoms with E-state index in [1.165, 1.54) is 19.3 Å². The molecular weight excluding hydrogens is 285 g/mol. The van der Waals surface area contributed by atoms with Crippen molar-refractivity contribution in [2.24, 2.45) is 11.8 Å². The van der Waals surface area contributed by atoms with E-state index in [9.17, 15) is 0 Å². The summed E-state index contributed by atoms with van der Waals surface area (Å²) >= 11 is -0.106. The van der Waals surface area contributed by atoms with E-state index in [0.717, 1.165) is 11.8 Å². The molecule has 0 nitrogen and oxygen atoms in total. The Bertz CT molecular complexity index is 171. The molecule has 0 N–H and O–H groups in total. The molecule has 1 fully saturated rings. The zero-order chi connectivity index (χ0) is 8.81.